The minimum Gasteiger partial charge on any atom is -0.489 e. The van der Waals surface area contributed by atoms with Crippen LogP contribution in [-0.2, 0) is 4.74 Å². The zero-order chi connectivity index (χ0) is 12.8. The summed E-state index contributed by atoms with van der Waals surface area (Å²) >= 11 is 5.97. The van der Waals surface area contributed by atoms with E-state index in [1.54, 1.807) is 12.1 Å². The normalized spacial score (nSPS) is 18.6. The number of hydrogen-bond acceptors (Lipinski definition) is 4. The minimum atomic E-state index is -0.514. The summed E-state index contributed by atoms with van der Waals surface area (Å²) in [5.74, 6) is 0.611. The maximum atomic E-state index is 9.90. The summed E-state index contributed by atoms with van der Waals surface area (Å²) in [5.41, 5.74) is 0. The van der Waals surface area contributed by atoms with Crippen LogP contribution in [0.4, 0.5) is 0 Å². The van der Waals surface area contributed by atoms with Crippen molar-refractivity contribution in [1.82, 2.24) is 4.90 Å². The molecule has 0 saturated carbocycles. The summed E-state index contributed by atoms with van der Waals surface area (Å²) in [6.07, 6.45) is -0.514. The Balaban J connectivity index is 1.74. The molecule has 18 heavy (non-hydrogen) atoms. The van der Waals surface area contributed by atoms with Gasteiger partial charge in [0, 0.05) is 19.6 Å². The molecule has 0 bridgehead atoms. The van der Waals surface area contributed by atoms with Crippen molar-refractivity contribution in [3.63, 3.8) is 0 Å². The number of morpholine rings is 1. The number of aliphatic hydroxyl groups is 1. The lowest BCUT2D eigenvalue weighted by Crippen LogP contribution is -2.42. The van der Waals surface area contributed by atoms with Crippen molar-refractivity contribution >= 4 is 11.6 Å². The second-order valence-electron chi connectivity index (χ2n) is 4.31. The lowest BCUT2D eigenvalue weighted by atomic mass is 10.3. The van der Waals surface area contributed by atoms with E-state index >= 15 is 0 Å². The summed E-state index contributed by atoms with van der Waals surface area (Å²) < 4.78 is 10.8. The third-order valence-electron chi connectivity index (χ3n) is 2.84. The average Bonchev–Trinajstić information content (AvgIpc) is 2.39. The first-order chi connectivity index (χ1) is 8.75. The number of β-amino-alcohol motifs (C(OH)–C–C–N with tert-alkyl or cyclic N) is 1. The first-order valence-electron chi connectivity index (χ1n) is 6.11. The van der Waals surface area contributed by atoms with Crippen LogP contribution in [0, 0.1) is 0 Å². The standard InChI is InChI=1S/C13H18ClNO3/c14-12-3-1-2-4-13(12)18-10-11(16)9-15-5-7-17-8-6-15/h1-4,11,16H,5-10H2/t11-/m0/s1. The Morgan fingerprint density at radius 2 is 2.06 bits per heavy atom. The minimum absolute atomic E-state index is 0.251. The van der Waals surface area contributed by atoms with Crippen molar-refractivity contribution in [2.24, 2.45) is 0 Å². The maximum Gasteiger partial charge on any atom is 0.138 e. The molecule has 1 aliphatic rings. The van der Waals surface area contributed by atoms with Gasteiger partial charge in [-0.3, -0.25) is 4.90 Å². The molecule has 1 saturated heterocycles. The van der Waals surface area contributed by atoms with Crippen LogP contribution in [0.3, 0.4) is 0 Å². The smallest absolute Gasteiger partial charge is 0.138 e. The van der Waals surface area contributed by atoms with Crippen molar-refractivity contribution in [3.05, 3.63) is 29.3 Å². The van der Waals surface area contributed by atoms with E-state index < -0.39 is 6.10 Å². The number of benzene rings is 1. The quantitative estimate of drug-likeness (QED) is 0.879. The van der Waals surface area contributed by atoms with Crippen molar-refractivity contribution in [1.29, 1.82) is 0 Å². The highest BCUT2D eigenvalue weighted by atomic mass is 35.5. The molecule has 100 valence electrons. The van der Waals surface area contributed by atoms with Gasteiger partial charge in [0.15, 0.2) is 0 Å². The predicted octanol–water partition coefficient (Wildman–Crippen LogP) is 1.41. The molecule has 0 unspecified atom stereocenters. The van der Waals surface area contributed by atoms with Crippen LogP contribution in [-0.4, -0.2) is 55.6 Å². The molecular formula is C13H18ClNO3. The molecule has 1 N–H and O–H groups in total. The van der Waals surface area contributed by atoms with Gasteiger partial charge in [-0.15, -0.1) is 0 Å². The van der Waals surface area contributed by atoms with Gasteiger partial charge in [-0.05, 0) is 12.1 Å². The third-order valence-corrected chi connectivity index (χ3v) is 3.15. The first-order valence-corrected chi connectivity index (χ1v) is 6.49. The molecule has 0 spiro atoms. The fraction of sp³-hybridized carbons (Fsp3) is 0.538. The average molecular weight is 272 g/mol. The number of halogens is 1. The molecule has 1 aromatic rings. The fourth-order valence-corrected chi connectivity index (χ4v) is 2.07. The highest BCUT2D eigenvalue weighted by molar-refractivity contribution is 6.32. The summed E-state index contributed by atoms with van der Waals surface area (Å²) in [7, 11) is 0. The molecule has 0 radical (unpaired) electrons. The van der Waals surface area contributed by atoms with E-state index in [4.69, 9.17) is 21.1 Å². The molecule has 1 fully saturated rings. The molecule has 0 amide bonds. The molecule has 1 aromatic carbocycles. The number of aliphatic hydroxyl groups excluding tert-OH is 1. The molecule has 5 heteroatoms. The van der Waals surface area contributed by atoms with Crippen molar-refractivity contribution in [2.45, 2.75) is 6.10 Å². The van der Waals surface area contributed by atoms with E-state index in [9.17, 15) is 5.11 Å². The van der Waals surface area contributed by atoms with Gasteiger partial charge >= 0.3 is 0 Å². The van der Waals surface area contributed by atoms with Gasteiger partial charge in [0.1, 0.15) is 18.5 Å². The molecule has 2 rings (SSSR count). The lowest BCUT2D eigenvalue weighted by molar-refractivity contribution is 0.00467. The van der Waals surface area contributed by atoms with Crippen LogP contribution >= 0.6 is 11.6 Å². The highest BCUT2D eigenvalue weighted by Gasteiger charge is 2.15. The van der Waals surface area contributed by atoms with E-state index in [-0.39, 0.29) is 6.61 Å². The number of hydrogen-bond donors (Lipinski definition) is 1. The van der Waals surface area contributed by atoms with Crippen LogP contribution in [0.15, 0.2) is 24.3 Å². The Morgan fingerprint density at radius 3 is 2.78 bits per heavy atom. The maximum absolute atomic E-state index is 9.90. The Hall–Kier alpha value is -0.810. The second-order valence-corrected chi connectivity index (χ2v) is 4.72. The molecule has 1 atom stereocenters. The van der Waals surface area contributed by atoms with Crippen LogP contribution in [0.25, 0.3) is 0 Å². The topological polar surface area (TPSA) is 41.9 Å². The van der Waals surface area contributed by atoms with Crippen LogP contribution in [0.2, 0.25) is 5.02 Å². The molecule has 0 aromatic heterocycles. The number of para-hydroxylation sites is 1. The van der Waals surface area contributed by atoms with Crippen LogP contribution in [0.5, 0.6) is 5.75 Å². The van der Waals surface area contributed by atoms with Gasteiger partial charge in [0.25, 0.3) is 0 Å². The van der Waals surface area contributed by atoms with E-state index in [0.717, 1.165) is 26.3 Å². The Kier molecular flexibility index (Phi) is 5.26. The first kappa shape index (κ1) is 13.6. The highest BCUT2D eigenvalue weighted by Crippen LogP contribution is 2.23. The van der Waals surface area contributed by atoms with Gasteiger partial charge in [-0.1, -0.05) is 23.7 Å². The summed E-state index contributed by atoms with van der Waals surface area (Å²) in [5, 5.41) is 10.5. The SMILES string of the molecule is O[C@H](COc1ccccc1Cl)CN1CCOCC1. The van der Waals surface area contributed by atoms with Crippen molar-refractivity contribution in [3.8, 4) is 5.75 Å². The van der Waals surface area contributed by atoms with E-state index in [1.807, 2.05) is 12.1 Å². The van der Waals surface area contributed by atoms with E-state index in [2.05, 4.69) is 4.90 Å². The second kappa shape index (κ2) is 6.95. The largest absolute Gasteiger partial charge is 0.489 e. The zero-order valence-electron chi connectivity index (χ0n) is 10.2. The third kappa shape index (κ3) is 4.14. The molecule has 0 aliphatic carbocycles. The van der Waals surface area contributed by atoms with Gasteiger partial charge in [0.05, 0.1) is 18.2 Å². The van der Waals surface area contributed by atoms with Crippen LogP contribution < -0.4 is 4.74 Å². The Labute approximate surface area is 112 Å². The summed E-state index contributed by atoms with van der Waals surface area (Å²) in [6.45, 7) is 4.05. The number of nitrogens with zero attached hydrogens (tertiary/aromatic N) is 1. The Morgan fingerprint density at radius 1 is 1.33 bits per heavy atom. The van der Waals surface area contributed by atoms with E-state index in [1.165, 1.54) is 0 Å². The molecule has 4 nitrogen and oxygen atoms in total. The van der Waals surface area contributed by atoms with E-state index in [0.29, 0.717) is 17.3 Å². The monoisotopic (exact) mass is 271 g/mol. The predicted molar refractivity (Wildman–Crippen MR) is 70.2 cm³/mol. The molecule has 1 aliphatic heterocycles. The van der Waals surface area contributed by atoms with Gasteiger partial charge in [-0.25, -0.2) is 0 Å². The summed E-state index contributed by atoms with van der Waals surface area (Å²) in [4.78, 5) is 2.17. The van der Waals surface area contributed by atoms with Crippen molar-refractivity contribution in [2.75, 3.05) is 39.5 Å². The van der Waals surface area contributed by atoms with Crippen molar-refractivity contribution < 1.29 is 14.6 Å². The lowest BCUT2D eigenvalue weighted by Gasteiger charge is -2.28. The summed E-state index contributed by atoms with van der Waals surface area (Å²) in [6, 6.07) is 7.27. The Bertz CT molecular complexity index is 369. The number of rotatable bonds is 5. The zero-order valence-corrected chi connectivity index (χ0v) is 11.0. The van der Waals surface area contributed by atoms with Gasteiger partial charge in [-0.2, -0.15) is 0 Å². The number of ether oxygens (including phenoxy) is 2. The molecular weight excluding hydrogens is 254 g/mol. The van der Waals surface area contributed by atoms with Gasteiger partial charge in [0.2, 0.25) is 0 Å². The van der Waals surface area contributed by atoms with Crippen LogP contribution in [0.1, 0.15) is 0 Å². The van der Waals surface area contributed by atoms with Gasteiger partial charge < -0.3 is 14.6 Å². The fourth-order valence-electron chi connectivity index (χ4n) is 1.88. The molecule has 1 heterocycles.